The maximum atomic E-state index is 13.7. The van der Waals surface area contributed by atoms with Gasteiger partial charge in [-0.25, -0.2) is 21.2 Å². The number of carbonyl (C=O) groups excluding carboxylic acids is 1. The zero-order valence-electron chi connectivity index (χ0n) is 18.0. The predicted molar refractivity (Wildman–Crippen MR) is 137 cm³/mol. The molecule has 0 bridgehead atoms. The van der Waals surface area contributed by atoms with E-state index in [2.05, 4.69) is 30.7 Å². The van der Waals surface area contributed by atoms with Crippen LogP contribution in [-0.2, 0) is 20.0 Å². The summed E-state index contributed by atoms with van der Waals surface area (Å²) < 4.78 is 70.2. The summed E-state index contributed by atoms with van der Waals surface area (Å²) in [5.41, 5.74) is -0.0217. The van der Waals surface area contributed by atoms with Crippen LogP contribution in [0.15, 0.2) is 62.8 Å². The Balaban J connectivity index is 2.03. The Morgan fingerprint density at radius 3 is 2.14 bits per heavy atom. The van der Waals surface area contributed by atoms with Gasteiger partial charge in [-0.05, 0) is 76.9 Å². The van der Waals surface area contributed by atoms with E-state index in [-0.39, 0.29) is 36.4 Å². The first-order chi connectivity index (χ1) is 16.2. The Morgan fingerprint density at radius 2 is 1.54 bits per heavy atom. The maximum Gasteiger partial charge on any atom is 0.262 e. The lowest BCUT2D eigenvalue weighted by atomic mass is 10.2. The van der Waals surface area contributed by atoms with Crippen LogP contribution in [0, 0.1) is 12.7 Å². The van der Waals surface area contributed by atoms with Crippen molar-refractivity contribution < 1.29 is 26.0 Å². The Kier molecular flexibility index (Phi) is 8.02. The van der Waals surface area contributed by atoms with E-state index in [4.69, 9.17) is 23.2 Å². The van der Waals surface area contributed by atoms with Crippen molar-refractivity contribution in [2.45, 2.75) is 16.7 Å². The highest BCUT2D eigenvalue weighted by Crippen LogP contribution is 2.29. The van der Waals surface area contributed by atoms with Crippen molar-refractivity contribution >= 4 is 76.5 Å². The van der Waals surface area contributed by atoms with Crippen molar-refractivity contribution in [2.24, 2.45) is 0 Å². The first-order valence-corrected chi connectivity index (χ1v) is 14.1. The van der Waals surface area contributed by atoms with E-state index in [9.17, 15) is 26.0 Å². The van der Waals surface area contributed by atoms with E-state index in [1.807, 2.05) is 0 Å². The van der Waals surface area contributed by atoms with E-state index in [1.165, 1.54) is 44.3 Å². The van der Waals surface area contributed by atoms with Crippen LogP contribution in [0.2, 0.25) is 10.0 Å². The molecule has 8 nitrogen and oxygen atoms in total. The van der Waals surface area contributed by atoms with Gasteiger partial charge in [-0.15, -0.1) is 0 Å². The quantitative estimate of drug-likeness (QED) is 0.335. The molecule has 0 aliphatic rings. The molecule has 0 heterocycles. The summed E-state index contributed by atoms with van der Waals surface area (Å²) in [6.07, 6.45) is 0. The van der Waals surface area contributed by atoms with Gasteiger partial charge in [-0.1, -0.05) is 23.2 Å². The van der Waals surface area contributed by atoms with Crippen LogP contribution in [0.1, 0.15) is 15.9 Å². The molecule has 0 unspecified atom stereocenters. The molecular weight excluding hydrogens is 608 g/mol. The Hall–Kier alpha value is -2.38. The van der Waals surface area contributed by atoms with Crippen LogP contribution in [0.4, 0.5) is 15.8 Å². The summed E-state index contributed by atoms with van der Waals surface area (Å²) in [4.78, 5) is 11.8. The van der Waals surface area contributed by atoms with Gasteiger partial charge in [0, 0.05) is 22.8 Å². The second kappa shape index (κ2) is 10.3. The Morgan fingerprint density at radius 1 is 0.914 bits per heavy atom. The number of hydrogen-bond acceptors (Lipinski definition) is 5. The van der Waals surface area contributed by atoms with Crippen molar-refractivity contribution in [3.63, 3.8) is 0 Å². The summed E-state index contributed by atoms with van der Waals surface area (Å²) in [6, 6.07) is 9.44. The maximum absolute atomic E-state index is 13.7. The number of aryl methyl sites for hydroxylation is 1. The van der Waals surface area contributed by atoms with Gasteiger partial charge in [-0.2, -0.15) is 0 Å². The summed E-state index contributed by atoms with van der Waals surface area (Å²) in [6.45, 7) is 1.51. The fourth-order valence-corrected chi connectivity index (χ4v) is 6.42. The lowest BCUT2D eigenvalue weighted by Crippen LogP contribution is -2.24. The molecule has 3 N–H and O–H groups in total. The SMILES string of the molecule is CNC(=O)c1cc(NS(=O)(=O)c2cc(Cl)cc(Cl)c2)ccc1S(=O)(=O)Nc1cc(Br)c(F)cc1C. The standard InChI is InChI=1S/C21H17BrCl2FN3O5S2/c1-11-5-18(25)17(22)10-19(11)28-35(32,33)20-4-3-14(9-16(20)21(29)26-2)27-34(30,31)15-7-12(23)6-13(24)8-15/h3-10,27-28H,1-2H3,(H,26,29). The van der Waals surface area contributed by atoms with Crippen LogP contribution < -0.4 is 14.8 Å². The van der Waals surface area contributed by atoms with Gasteiger partial charge in [0.1, 0.15) is 10.7 Å². The summed E-state index contributed by atoms with van der Waals surface area (Å²) >= 11 is 14.8. The van der Waals surface area contributed by atoms with Crippen LogP contribution in [0.5, 0.6) is 0 Å². The molecule has 186 valence electrons. The predicted octanol–water partition coefficient (Wildman–Crippen LogP) is 5.16. The van der Waals surface area contributed by atoms with Crippen molar-refractivity contribution in [3.8, 4) is 0 Å². The third-order valence-electron chi connectivity index (χ3n) is 4.65. The molecule has 14 heteroatoms. The molecule has 0 spiro atoms. The molecule has 0 atom stereocenters. The van der Waals surface area contributed by atoms with E-state index < -0.39 is 36.7 Å². The third kappa shape index (κ3) is 6.25. The number of hydrogen-bond donors (Lipinski definition) is 3. The lowest BCUT2D eigenvalue weighted by Gasteiger charge is -2.16. The van der Waals surface area contributed by atoms with Crippen LogP contribution in [0.25, 0.3) is 0 Å². The summed E-state index contributed by atoms with van der Waals surface area (Å²) in [5.74, 6) is -1.36. The van der Waals surface area contributed by atoms with E-state index in [1.54, 1.807) is 0 Å². The fourth-order valence-electron chi connectivity index (χ4n) is 2.99. The second-order valence-electron chi connectivity index (χ2n) is 7.19. The van der Waals surface area contributed by atoms with E-state index in [0.717, 1.165) is 18.2 Å². The number of anilines is 2. The molecule has 0 saturated carbocycles. The normalized spacial score (nSPS) is 11.7. The highest BCUT2D eigenvalue weighted by Gasteiger charge is 2.25. The minimum atomic E-state index is -4.34. The van der Waals surface area contributed by atoms with Crippen molar-refractivity contribution in [1.29, 1.82) is 0 Å². The lowest BCUT2D eigenvalue weighted by molar-refractivity contribution is 0.0960. The fraction of sp³-hybridized carbons (Fsp3) is 0.0952. The molecule has 0 radical (unpaired) electrons. The zero-order valence-corrected chi connectivity index (χ0v) is 22.7. The molecule has 35 heavy (non-hydrogen) atoms. The zero-order chi connectivity index (χ0) is 26.1. The van der Waals surface area contributed by atoms with Gasteiger partial charge in [0.25, 0.3) is 26.0 Å². The first kappa shape index (κ1) is 27.2. The topological polar surface area (TPSA) is 121 Å². The molecular formula is C21H17BrCl2FN3O5S2. The van der Waals surface area contributed by atoms with Gasteiger partial charge in [-0.3, -0.25) is 14.2 Å². The molecule has 3 aromatic rings. The first-order valence-electron chi connectivity index (χ1n) is 9.57. The van der Waals surface area contributed by atoms with Gasteiger partial charge < -0.3 is 5.32 Å². The molecule has 1 amide bonds. The van der Waals surface area contributed by atoms with Crippen LogP contribution in [0.3, 0.4) is 0 Å². The van der Waals surface area contributed by atoms with Crippen LogP contribution in [-0.4, -0.2) is 29.8 Å². The third-order valence-corrected chi connectivity index (χ3v) is 8.48. The van der Waals surface area contributed by atoms with Gasteiger partial charge in [0.05, 0.1) is 20.6 Å². The minimum Gasteiger partial charge on any atom is -0.355 e. The molecule has 0 fully saturated rings. The van der Waals surface area contributed by atoms with E-state index in [0.29, 0.717) is 5.56 Å². The molecule has 0 saturated heterocycles. The average Bonchev–Trinajstić information content (AvgIpc) is 2.75. The number of sulfonamides is 2. The minimum absolute atomic E-state index is 0.0400. The smallest absolute Gasteiger partial charge is 0.262 e. The van der Waals surface area contributed by atoms with Gasteiger partial charge >= 0.3 is 0 Å². The van der Waals surface area contributed by atoms with E-state index >= 15 is 0 Å². The van der Waals surface area contributed by atoms with Gasteiger partial charge in [0.2, 0.25) is 0 Å². The Bertz CT molecular complexity index is 1530. The molecule has 3 aromatic carbocycles. The monoisotopic (exact) mass is 623 g/mol. The largest absolute Gasteiger partial charge is 0.355 e. The average molecular weight is 625 g/mol. The summed E-state index contributed by atoms with van der Waals surface area (Å²) in [7, 11) is -7.23. The number of halogens is 4. The highest BCUT2D eigenvalue weighted by molar-refractivity contribution is 9.10. The number of rotatable bonds is 7. The van der Waals surface area contributed by atoms with Crippen LogP contribution >= 0.6 is 39.1 Å². The molecule has 0 aliphatic carbocycles. The van der Waals surface area contributed by atoms with Crippen molar-refractivity contribution in [1.82, 2.24) is 5.32 Å². The number of amides is 1. The molecule has 0 aliphatic heterocycles. The molecule has 3 rings (SSSR count). The number of benzene rings is 3. The molecule has 0 aromatic heterocycles. The number of carbonyl (C=O) groups is 1. The van der Waals surface area contributed by atoms with Gasteiger partial charge in [0.15, 0.2) is 0 Å². The second-order valence-corrected chi connectivity index (χ2v) is 12.2. The summed E-state index contributed by atoms with van der Waals surface area (Å²) in [5, 5.41) is 2.51. The van der Waals surface area contributed by atoms with Crippen molar-refractivity contribution in [3.05, 3.63) is 80.0 Å². The highest BCUT2D eigenvalue weighted by atomic mass is 79.9. The number of nitrogens with one attached hydrogen (secondary N) is 3. The Labute approximate surface area is 220 Å². The van der Waals surface area contributed by atoms with Crippen molar-refractivity contribution in [2.75, 3.05) is 16.5 Å².